The summed E-state index contributed by atoms with van der Waals surface area (Å²) in [6.07, 6.45) is 27.0. The molecule has 0 aliphatic carbocycles. The van der Waals surface area contributed by atoms with Crippen molar-refractivity contribution < 1.29 is 43.1 Å². The molecule has 2 heterocycles. The van der Waals surface area contributed by atoms with Crippen LogP contribution < -0.4 is 43.1 Å². The first-order valence-electron chi connectivity index (χ1n) is 7.70. The first kappa shape index (κ1) is 25.9. The van der Waals surface area contributed by atoms with Crippen LogP contribution in [0.4, 0.5) is 0 Å². The molecular weight excluding hydrogens is 452 g/mol. The molecule has 0 amide bonds. The van der Waals surface area contributed by atoms with Gasteiger partial charge >= 0.3 is 0 Å². The summed E-state index contributed by atoms with van der Waals surface area (Å²) in [6, 6.07) is 11.9. The Bertz CT molecular complexity index is 640. The molecule has 2 nitrogen and oxygen atoms in total. The third-order valence-electron chi connectivity index (χ3n) is 2.71. The van der Waals surface area contributed by atoms with Crippen molar-refractivity contribution in [3.63, 3.8) is 0 Å². The Morgan fingerprint density at radius 2 is 0.808 bits per heavy atom. The fourth-order valence-corrected chi connectivity index (χ4v) is 1.61. The van der Waals surface area contributed by atoms with E-state index in [0.717, 1.165) is 0 Å². The second kappa shape index (κ2) is 19.0. The zero-order valence-electron chi connectivity index (χ0n) is 14.6. The van der Waals surface area contributed by atoms with E-state index in [9.17, 15) is 0 Å². The summed E-state index contributed by atoms with van der Waals surface area (Å²) in [6.45, 7) is 7.16. The summed E-state index contributed by atoms with van der Waals surface area (Å²) in [7, 11) is 0. The first-order chi connectivity index (χ1) is 11.9. The molecule has 2 aromatic rings. The van der Waals surface area contributed by atoms with Gasteiger partial charge in [-0.2, -0.15) is 9.13 Å². The fraction of sp³-hybridized carbons (Fsp3) is 0. The van der Waals surface area contributed by atoms with E-state index in [1.54, 1.807) is 12.2 Å². The molecule has 0 radical (unpaired) electrons. The van der Waals surface area contributed by atoms with Gasteiger partial charge in [0.1, 0.15) is 0 Å². The highest BCUT2D eigenvalue weighted by atomic mass is 79.9. The summed E-state index contributed by atoms with van der Waals surface area (Å²) in [4.78, 5) is 0. The van der Waals surface area contributed by atoms with Gasteiger partial charge in [0, 0.05) is 36.4 Å². The van der Waals surface area contributed by atoms with Crippen LogP contribution in [0, 0.1) is 0 Å². The van der Waals surface area contributed by atoms with Crippen LogP contribution in [0.2, 0.25) is 0 Å². The molecule has 26 heavy (non-hydrogen) atoms. The van der Waals surface area contributed by atoms with Gasteiger partial charge < -0.3 is 34.0 Å². The number of halogens is 2. The Morgan fingerprint density at radius 1 is 0.462 bits per heavy atom. The van der Waals surface area contributed by atoms with E-state index in [1.807, 2.05) is 119 Å². The normalized spacial score (nSPS) is 10.2. The lowest BCUT2D eigenvalue weighted by Crippen LogP contribution is -3.00. The summed E-state index contributed by atoms with van der Waals surface area (Å²) >= 11 is 0. The number of nitrogens with zero attached hydrogens (tertiary/aromatic N) is 2. The molecule has 4 heteroatoms. The van der Waals surface area contributed by atoms with E-state index in [0.29, 0.717) is 0 Å². The summed E-state index contributed by atoms with van der Waals surface area (Å²) in [5, 5.41) is 0. The van der Waals surface area contributed by atoms with Crippen LogP contribution in [0.3, 0.4) is 0 Å². The van der Waals surface area contributed by atoms with Crippen molar-refractivity contribution in [2.75, 3.05) is 0 Å². The van der Waals surface area contributed by atoms with Gasteiger partial charge in [-0.3, -0.25) is 0 Å². The van der Waals surface area contributed by atoms with E-state index in [4.69, 9.17) is 0 Å². The number of hydrogen-bond acceptors (Lipinski definition) is 0. The van der Waals surface area contributed by atoms with Gasteiger partial charge in [0.2, 0.25) is 0 Å². The number of pyridine rings is 2. The highest BCUT2D eigenvalue weighted by Gasteiger charge is 1.86. The standard InChI is InChI=1S/2C11H12N.2BrH/c2*1-2-3-4-6-9-12-10-7-5-8-11-12;;/h2*2-11H,1H2;2*1H/q2*+1;;/p-2. The van der Waals surface area contributed by atoms with Gasteiger partial charge in [-0.05, 0) is 0 Å². The quantitative estimate of drug-likeness (QED) is 0.350. The lowest BCUT2D eigenvalue weighted by molar-refractivity contribution is -0.568. The molecule has 0 saturated carbocycles. The second-order valence-corrected chi connectivity index (χ2v) is 4.57. The van der Waals surface area contributed by atoms with Gasteiger partial charge in [-0.1, -0.05) is 61.7 Å². The molecule has 0 atom stereocenters. The molecule has 0 fully saturated rings. The Kier molecular flexibility index (Phi) is 19.0. The van der Waals surface area contributed by atoms with Crippen LogP contribution in [0.15, 0.2) is 123 Å². The maximum absolute atomic E-state index is 3.58. The molecule has 0 aliphatic rings. The first-order valence-corrected chi connectivity index (χ1v) is 7.70. The maximum atomic E-state index is 3.58. The van der Waals surface area contributed by atoms with Gasteiger partial charge in [0.05, 0.1) is 0 Å². The summed E-state index contributed by atoms with van der Waals surface area (Å²) in [5.41, 5.74) is 0. The number of aromatic nitrogens is 2. The average molecular weight is 476 g/mol. The minimum atomic E-state index is 0. The smallest absolute Gasteiger partial charge is 0.174 e. The van der Waals surface area contributed by atoms with Crippen molar-refractivity contribution in [3.8, 4) is 0 Å². The Hall–Kier alpha value is -2.30. The van der Waals surface area contributed by atoms with Crippen LogP contribution in [-0.4, -0.2) is 0 Å². The molecule has 0 unspecified atom stereocenters. The number of allylic oxidation sites excluding steroid dienone is 8. The molecule has 136 valence electrons. The molecule has 2 aromatic heterocycles. The van der Waals surface area contributed by atoms with Crippen LogP contribution in [0.1, 0.15) is 0 Å². The van der Waals surface area contributed by atoms with Gasteiger partial charge in [0.15, 0.2) is 37.2 Å². The highest BCUT2D eigenvalue weighted by molar-refractivity contribution is 5.19. The zero-order valence-corrected chi connectivity index (χ0v) is 17.8. The molecule has 0 saturated heterocycles. The molecule has 2 rings (SSSR count). The molecule has 0 aromatic carbocycles. The van der Waals surface area contributed by atoms with Crippen molar-refractivity contribution in [2.45, 2.75) is 0 Å². The maximum Gasteiger partial charge on any atom is 0.174 e. The SMILES string of the molecule is C=CC=CC=C[n+]1ccccc1.C=CC=CC=C[n+]1ccccc1.[Br-].[Br-]. The Morgan fingerprint density at radius 3 is 1.12 bits per heavy atom. The topological polar surface area (TPSA) is 7.76 Å². The predicted octanol–water partition coefficient (Wildman–Crippen LogP) is -1.62. The van der Waals surface area contributed by atoms with Crippen molar-refractivity contribution in [1.29, 1.82) is 0 Å². The van der Waals surface area contributed by atoms with E-state index < -0.39 is 0 Å². The van der Waals surface area contributed by atoms with Crippen LogP contribution in [0.5, 0.6) is 0 Å². The Balaban J connectivity index is 0. The number of hydrogen-bond donors (Lipinski definition) is 0. The van der Waals surface area contributed by atoms with E-state index in [2.05, 4.69) is 13.2 Å². The predicted molar refractivity (Wildman–Crippen MR) is 103 cm³/mol. The largest absolute Gasteiger partial charge is 1.00 e. The molecular formula is C22H24Br2N2. The van der Waals surface area contributed by atoms with E-state index >= 15 is 0 Å². The lowest BCUT2D eigenvalue weighted by Gasteiger charge is -1.81. The molecule has 0 spiro atoms. The molecule has 0 aliphatic heterocycles. The van der Waals surface area contributed by atoms with Crippen molar-refractivity contribution in [3.05, 3.63) is 123 Å². The molecule has 0 bridgehead atoms. The third kappa shape index (κ3) is 14.1. The van der Waals surface area contributed by atoms with Crippen LogP contribution in [0.25, 0.3) is 12.4 Å². The van der Waals surface area contributed by atoms with Gasteiger partial charge in [-0.25, -0.2) is 0 Å². The van der Waals surface area contributed by atoms with Crippen LogP contribution >= 0.6 is 0 Å². The van der Waals surface area contributed by atoms with Crippen molar-refractivity contribution >= 4 is 12.4 Å². The van der Waals surface area contributed by atoms with Gasteiger partial charge in [0.25, 0.3) is 0 Å². The zero-order chi connectivity index (χ0) is 17.3. The molecule has 0 N–H and O–H groups in total. The fourth-order valence-electron chi connectivity index (χ4n) is 1.61. The van der Waals surface area contributed by atoms with Gasteiger partial charge in [-0.15, -0.1) is 0 Å². The second-order valence-electron chi connectivity index (χ2n) is 4.57. The van der Waals surface area contributed by atoms with E-state index in [1.165, 1.54) is 0 Å². The van der Waals surface area contributed by atoms with Crippen molar-refractivity contribution in [1.82, 2.24) is 0 Å². The highest BCUT2D eigenvalue weighted by Crippen LogP contribution is 1.81. The monoisotopic (exact) mass is 474 g/mol. The third-order valence-corrected chi connectivity index (χ3v) is 2.71. The summed E-state index contributed by atoms with van der Waals surface area (Å²) in [5.74, 6) is 0. The van der Waals surface area contributed by atoms with Crippen LogP contribution in [-0.2, 0) is 0 Å². The van der Waals surface area contributed by atoms with E-state index in [-0.39, 0.29) is 34.0 Å². The number of rotatable bonds is 6. The average Bonchev–Trinajstić information content (AvgIpc) is 2.65. The Labute approximate surface area is 178 Å². The lowest BCUT2D eigenvalue weighted by atomic mass is 10.4. The minimum absolute atomic E-state index is 0. The summed E-state index contributed by atoms with van der Waals surface area (Å²) < 4.78 is 3.96. The minimum Gasteiger partial charge on any atom is -1.00 e. The van der Waals surface area contributed by atoms with Crippen molar-refractivity contribution in [2.24, 2.45) is 0 Å².